The predicted octanol–water partition coefficient (Wildman–Crippen LogP) is 4.54. The third-order valence-electron chi connectivity index (χ3n) is 8.12. The molecular formula is C34H32Cl2N6O6. The molecule has 1 aliphatic rings. The van der Waals surface area contributed by atoms with E-state index in [1.807, 2.05) is 30.3 Å². The molecule has 1 unspecified atom stereocenters. The first kappa shape index (κ1) is 34.3. The summed E-state index contributed by atoms with van der Waals surface area (Å²) in [6.45, 7) is 1.70. The highest BCUT2D eigenvalue weighted by Gasteiger charge is 2.43. The van der Waals surface area contributed by atoms with Gasteiger partial charge in [-0.3, -0.25) is 14.5 Å². The summed E-state index contributed by atoms with van der Waals surface area (Å²) in [5.41, 5.74) is -0.530. The zero-order valence-corrected chi connectivity index (χ0v) is 27.1. The van der Waals surface area contributed by atoms with Crippen molar-refractivity contribution in [2.24, 2.45) is 0 Å². The van der Waals surface area contributed by atoms with Crippen molar-refractivity contribution in [2.75, 3.05) is 18.4 Å². The number of aromatic nitrogens is 2. The summed E-state index contributed by atoms with van der Waals surface area (Å²) in [7, 11) is 0. The van der Waals surface area contributed by atoms with E-state index in [2.05, 4.69) is 30.8 Å². The zero-order chi connectivity index (χ0) is 34.3. The minimum atomic E-state index is -1.54. The van der Waals surface area contributed by atoms with Crippen molar-refractivity contribution in [3.05, 3.63) is 128 Å². The van der Waals surface area contributed by atoms with E-state index in [4.69, 9.17) is 23.2 Å². The van der Waals surface area contributed by atoms with Crippen molar-refractivity contribution >= 4 is 52.7 Å². The van der Waals surface area contributed by atoms with Crippen LogP contribution in [0.4, 0.5) is 10.6 Å². The summed E-state index contributed by atoms with van der Waals surface area (Å²) in [4.78, 5) is 73.2. The summed E-state index contributed by atoms with van der Waals surface area (Å²) >= 11 is 12.3. The molecule has 48 heavy (non-hydrogen) atoms. The van der Waals surface area contributed by atoms with E-state index in [1.165, 1.54) is 18.3 Å². The number of carbonyl (C=O) groups is 4. The lowest BCUT2D eigenvalue weighted by Gasteiger charge is -2.41. The largest absolute Gasteiger partial charge is 0.480 e. The van der Waals surface area contributed by atoms with Crippen LogP contribution in [0.2, 0.25) is 10.0 Å². The van der Waals surface area contributed by atoms with Gasteiger partial charge in [-0.15, -0.1) is 0 Å². The number of carboxylic acid groups (broad SMARTS) is 1. The third kappa shape index (κ3) is 8.26. The first-order valence-electron chi connectivity index (χ1n) is 15.1. The number of likely N-dealkylation sites (tertiary alicyclic amines) is 1. The van der Waals surface area contributed by atoms with Gasteiger partial charge in [-0.05, 0) is 30.5 Å². The van der Waals surface area contributed by atoms with E-state index in [0.29, 0.717) is 38.0 Å². The molecule has 1 atom stereocenters. The minimum absolute atomic E-state index is 0.0537. The molecule has 5 rings (SSSR count). The Hall–Kier alpha value is -5.04. The van der Waals surface area contributed by atoms with Crippen LogP contribution in [0.1, 0.15) is 44.7 Å². The number of ketones is 1. The van der Waals surface area contributed by atoms with Crippen LogP contribution >= 0.6 is 23.2 Å². The van der Waals surface area contributed by atoms with E-state index in [1.54, 1.807) is 36.4 Å². The second-order valence-electron chi connectivity index (χ2n) is 11.4. The maximum absolute atomic E-state index is 13.9. The fourth-order valence-corrected chi connectivity index (χ4v) is 6.18. The van der Waals surface area contributed by atoms with Gasteiger partial charge < -0.3 is 26.0 Å². The highest BCUT2D eigenvalue weighted by atomic mass is 35.5. The fraction of sp³-hybridized carbons (Fsp3) is 0.235. The molecular weight excluding hydrogens is 659 g/mol. The van der Waals surface area contributed by atoms with Gasteiger partial charge in [0.25, 0.3) is 5.91 Å². The highest BCUT2D eigenvalue weighted by Crippen LogP contribution is 2.29. The molecule has 0 aliphatic carbocycles. The molecule has 14 heteroatoms. The van der Waals surface area contributed by atoms with Crippen molar-refractivity contribution in [3.63, 3.8) is 0 Å². The standard InChI is InChI=1S/C34H32Cl2N6O6/c35-24-12-7-13-25(36)27(24)30(44)39-29-23(19-37-32(47)40-29)18-26(31(45)46)38-33(48)41-34(28(43)22-10-5-2-6-11-22)14-16-42(17-15-34)20-21-8-3-1-4-9-21/h1-13,19,26H,14-18,20H2,(H,45,46)(H2,38,41,48)(H2,37,39,40,44,47). The third-order valence-corrected chi connectivity index (χ3v) is 8.75. The maximum atomic E-state index is 13.9. The molecule has 0 bridgehead atoms. The second kappa shape index (κ2) is 15.2. The van der Waals surface area contributed by atoms with Gasteiger partial charge in [0.1, 0.15) is 17.4 Å². The van der Waals surface area contributed by atoms with Crippen LogP contribution in [0.15, 0.2) is 89.9 Å². The van der Waals surface area contributed by atoms with Crippen molar-refractivity contribution in [1.29, 1.82) is 0 Å². The maximum Gasteiger partial charge on any atom is 0.346 e. The van der Waals surface area contributed by atoms with Gasteiger partial charge >= 0.3 is 17.7 Å². The number of halogens is 2. The number of carbonyl (C=O) groups excluding carboxylic acids is 3. The van der Waals surface area contributed by atoms with Crippen molar-refractivity contribution in [2.45, 2.75) is 37.4 Å². The molecule has 5 N–H and O–H groups in total. The number of anilines is 1. The number of hydrogen-bond donors (Lipinski definition) is 5. The van der Waals surface area contributed by atoms with Crippen molar-refractivity contribution < 1.29 is 24.3 Å². The van der Waals surface area contributed by atoms with Gasteiger partial charge in [-0.2, -0.15) is 4.98 Å². The number of hydrogen-bond acceptors (Lipinski definition) is 7. The van der Waals surface area contributed by atoms with Crippen LogP contribution in [0, 0.1) is 0 Å². The second-order valence-corrected chi connectivity index (χ2v) is 12.2. The molecule has 0 saturated carbocycles. The number of rotatable bonds is 11. The lowest BCUT2D eigenvalue weighted by atomic mass is 9.80. The quantitative estimate of drug-likeness (QED) is 0.143. The topological polar surface area (TPSA) is 174 Å². The summed E-state index contributed by atoms with van der Waals surface area (Å²) in [5, 5.41) is 17.9. The van der Waals surface area contributed by atoms with Gasteiger partial charge in [-0.25, -0.2) is 14.4 Å². The lowest BCUT2D eigenvalue weighted by molar-refractivity contribution is -0.139. The van der Waals surface area contributed by atoms with E-state index in [0.717, 1.165) is 5.56 Å². The van der Waals surface area contributed by atoms with Gasteiger partial charge in [0.15, 0.2) is 5.78 Å². The molecule has 0 spiro atoms. The Balaban J connectivity index is 1.33. The number of urea groups is 1. The van der Waals surface area contributed by atoms with Gasteiger partial charge in [0.2, 0.25) is 0 Å². The number of piperidine rings is 1. The molecule has 1 aromatic heterocycles. The molecule has 1 aliphatic heterocycles. The monoisotopic (exact) mass is 690 g/mol. The average Bonchev–Trinajstić information content (AvgIpc) is 3.07. The van der Waals surface area contributed by atoms with Crippen LogP contribution < -0.4 is 21.6 Å². The molecule has 1 fully saturated rings. The molecule has 12 nitrogen and oxygen atoms in total. The average molecular weight is 692 g/mol. The van der Waals surface area contributed by atoms with Crippen LogP contribution in [0.3, 0.4) is 0 Å². The van der Waals surface area contributed by atoms with Gasteiger partial charge in [-0.1, -0.05) is 89.9 Å². The predicted molar refractivity (Wildman–Crippen MR) is 181 cm³/mol. The number of aliphatic carboxylic acids is 1. The number of nitrogens with one attached hydrogen (secondary N) is 4. The normalized spacial score (nSPS) is 14.8. The number of nitrogens with zero attached hydrogens (tertiary/aromatic N) is 2. The smallest absolute Gasteiger partial charge is 0.346 e. The van der Waals surface area contributed by atoms with E-state index in [-0.39, 0.29) is 39.2 Å². The van der Waals surface area contributed by atoms with E-state index >= 15 is 0 Å². The number of carboxylic acids is 1. The van der Waals surface area contributed by atoms with E-state index in [9.17, 15) is 29.1 Å². The number of Topliss-reactive ketones (excluding diaryl/α,β-unsaturated/α-hetero) is 1. The summed E-state index contributed by atoms with van der Waals surface area (Å²) < 4.78 is 0. The lowest BCUT2D eigenvalue weighted by Crippen LogP contribution is -2.63. The Morgan fingerprint density at radius 3 is 2.17 bits per heavy atom. The van der Waals surface area contributed by atoms with Gasteiger partial charge in [0, 0.05) is 43.4 Å². The Morgan fingerprint density at radius 1 is 0.917 bits per heavy atom. The number of H-pyrrole nitrogens is 1. The Morgan fingerprint density at radius 2 is 1.54 bits per heavy atom. The SMILES string of the molecule is O=C(NC(Cc1c[nH]c(=O)nc1NC(=O)c1c(Cl)cccc1Cl)C(=O)O)NC1(C(=O)c2ccccc2)CCN(Cc2ccccc2)CC1. The highest BCUT2D eigenvalue weighted by molar-refractivity contribution is 6.40. The van der Waals surface area contributed by atoms with Crippen LogP contribution in [-0.4, -0.2) is 68.3 Å². The van der Waals surface area contributed by atoms with Gasteiger partial charge in [0.05, 0.1) is 15.6 Å². The summed E-state index contributed by atoms with van der Waals surface area (Å²) in [5.74, 6) is -2.70. The van der Waals surface area contributed by atoms with Crippen LogP contribution in [-0.2, 0) is 17.8 Å². The van der Waals surface area contributed by atoms with E-state index < -0.39 is 35.2 Å². The Labute approximate surface area is 285 Å². The first-order chi connectivity index (χ1) is 23.0. The first-order valence-corrected chi connectivity index (χ1v) is 15.8. The fourth-order valence-electron chi connectivity index (χ4n) is 5.61. The van der Waals surface area contributed by atoms with Crippen LogP contribution in [0.5, 0.6) is 0 Å². The molecule has 248 valence electrons. The number of aromatic amines is 1. The molecule has 1 saturated heterocycles. The molecule has 3 amide bonds. The van der Waals surface area contributed by atoms with Crippen molar-refractivity contribution in [1.82, 2.24) is 25.5 Å². The Kier molecular flexibility index (Phi) is 10.9. The molecule has 0 radical (unpaired) electrons. The minimum Gasteiger partial charge on any atom is -0.480 e. The zero-order valence-electron chi connectivity index (χ0n) is 25.5. The molecule has 2 heterocycles. The number of amides is 3. The van der Waals surface area contributed by atoms with Crippen molar-refractivity contribution in [3.8, 4) is 0 Å². The summed E-state index contributed by atoms with van der Waals surface area (Å²) in [6.07, 6.45) is 1.40. The Bertz CT molecular complexity index is 1840. The summed E-state index contributed by atoms with van der Waals surface area (Å²) in [6, 6.07) is 20.6. The molecule has 4 aromatic rings. The molecule has 3 aromatic carbocycles. The van der Waals surface area contributed by atoms with Crippen LogP contribution in [0.25, 0.3) is 0 Å². The number of benzene rings is 3.